The molecule has 4 saturated heterocycles. The van der Waals surface area contributed by atoms with E-state index in [1.54, 1.807) is 43.6 Å². The quantitative estimate of drug-likeness (QED) is 0.0478. The first-order valence-corrected chi connectivity index (χ1v) is 34.8. The third-order valence-corrected chi connectivity index (χ3v) is 20.5. The Kier molecular flexibility index (Phi) is 19.2. The molecule has 4 aliphatic heterocycles. The Morgan fingerprint density at radius 2 is 1.02 bits per heavy atom. The van der Waals surface area contributed by atoms with Gasteiger partial charge in [-0.05, 0) is 182 Å². The maximum atomic E-state index is 13.8. The maximum absolute atomic E-state index is 13.8. The number of aryl methyl sites for hydroxylation is 2. The van der Waals surface area contributed by atoms with Gasteiger partial charge in [-0.2, -0.15) is 15.3 Å². The molecule has 0 aliphatic carbocycles. The molecule has 4 aliphatic rings. The molecule has 4 fully saturated rings. The number of aromatic amines is 3. The number of nitrogens with one attached hydrogen (secondary N) is 5. The van der Waals surface area contributed by atoms with E-state index in [1.807, 2.05) is 35.4 Å². The second-order valence-corrected chi connectivity index (χ2v) is 27.8. The first kappa shape index (κ1) is 68.0. The van der Waals surface area contributed by atoms with Crippen LogP contribution in [0.1, 0.15) is 118 Å². The second-order valence-electron chi connectivity index (χ2n) is 27.8. The highest BCUT2D eigenvalue weighted by Gasteiger charge is 2.37. The van der Waals surface area contributed by atoms with Crippen LogP contribution in [0.4, 0.5) is 13.2 Å². The van der Waals surface area contributed by atoms with E-state index in [9.17, 15) is 47.7 Å². The molecule has 0 spiro atoms. The molecule has 6 aromatic heterocycles. The second kappa shape index (κ2) is 28.5. The molecule has 21 nitrogen and oxygen atoms in total. The molecular formula is C77H82F3N13O8. The van der Waals surface area contributed by atoms with Crippen molar-refractivity contribution in [3.63, 3.8) is 0 Å². The van der Waals surface area contributed by atoms with Gasteiger partial charge in [0.2, 0.25) is 23.6 Å². The number of benzene rings is 6. The van der Waals surface area contributed by atoms with Gasteiger partial charge in [0.15, 0.2) is 0 Å². The summed E-state index contributed by atoms with van der Waals surface area (Å²) < 4.78 is 53.5. The summed E-state index contributed by atoms with van der Waals surface area (Å²) in [4.78, 5) is 52.9. The van der Waals surface area contributed by atoms with Crippen LogP contribution in [0.5, 0.6) is 0 Å². The van der Waals surface area contributed by atoms with E-state index in [0.717, 1.165) is 152 Å². The SMILES string of the molecule is CC(=O)N1CC[C@@H](Cc2c(C3CCOCC3)n(-c3ccc(F)cc3)c3cc4cn[nH]c4cc23)C1.CC(C)c1c(CCC(=O)N2C[C@@H](O)[C@H](O)C2)c2cc3[nH]ncc3cc2n1-c1ccc(F)cc1.CC(C)c1c(CCC(=O)N[C@H]2C(=O)NC[C@@H]2O)c2cc3[nH]ncc3cc2n1-c1ccc(F)cc1. The van der Waals surface area contributed by atoms with Crippen molar-refractivity contribution in [1.82, 2.24) is 64.7 Å². The van der Waals surface area contributed by atoms with Gasteiger partial charge in [-0.3, -0.25) is 34.5 Å². The van der Waals surface area contributed by atoms with E-state index in [4.69, 9.17) is 4.74 Å². The maximum Gasteiger partial charge on any atom is 0.245 e. The minimum atomic E-state index is -0.934. The third kappa shape index (κ3) is 13.6. The number of hydrogen-bond acceptors (Lipinski definition) is 11. The van der Waals surface area contributed by atoms with E-state index in [0.29, 0.717) is 24.7 Å². The average molecular weight is 1370 g/mol. The number of halogens is 3. The van der Waals surface area contributed by atoms with E-state index < -0.39 is 24.4 Å². The zero-order valence-corrected chi connectivity index (χ0v) is 56.9. The number of ether oxygens (including phenoxy) is 1. The molecule has 16 rings (SSSR count). The van der Waals surface area contributed by atoms with E-state index in [-0.39, 0.29) is 85.4 Å². The molecule has 101 heavy (non-hydrogen) atoms. The number of H-pyrrole nitrogens is 3. The molecule has 10 heterocycles. The summed E-state index contributed by atoms with van der Waals surface area (Å²) in [5, 5.41) is 62.7. The van der Waals surface area contributed by atoms with Crippen LogP contribution in [0.2, 0.25) is 0 Å². The van der Waals surface area contributed by atoms with Crippen molar-refractivity contribution in [2.24, 2.45) is 5.92 Å². The van der Waals surface area contributed by atoms with Gasteiger partial charge in [0.1, 0.15) is 29.6 Å². The van der Waals surface area contributed by atoms with Gasteiger partial charge >= 0.3 is 0 Å². The van der Waals surface area contributed by atoms with Gasteiger partial charge in [0.25, 0.3) is 0 Å². The van der Waals surface area contributed by atoms with Crippen LogP contribution in [0.15, 0.2) is 128 Å². The summed E-state index contributed by atoms with van der Waals surface area (Å²) in [7, 11) is 0. The molecule has 6 aromatic carbocycles. The molecule has 24 heteroatoms. The summed E-state index contributed by atoms with van der Waals surface area (Å²) in [5.41, 5.74) is 15.4. The predicted molar refractivity (Wildman–Crippen MR) is 380 cm³/mol. The lowest BCUT2D eigenvalue weighted by atomic mass is 9.88. The number of carbonyl (C=O) groups excluding carboxylic acids is 4. The molecule has 0 unspecified atom stereocenters. The smallest absolute Gasteiger partial charge is 0.245 e. The minimum Gasteiger partial charge on any atom is -0.389 e. The third-order valence-electron chi connectivity index (χ3n) is 20.5. The number of aliphatic hydroxyl groups excluding tert-OH is 3. The van der Waals surface area contributed by atoms with Crippen molar-refractivity contribution in [2.45, 2.75) is 128 Å². The fraction of sp³-hybridized carbons (Fsp3) is 0.364. The molecule has 0 saturated carbocycles. The van der Waals surface area contributed by atoms with Gasteiger partial charge in [-0.25, -0.2) is 13.2 Å². The highest BCUT2D eigenvalue weighted by molar-refractivity contribution is 6.01. The number of nitrogens with zero attached hydrogens (tertiary/aromatic N) is 8. The largest absolute Gasteiger partial charge is 0.389 e. The van der Waals surface area contributed by atoms with Crippen molar-refractivity contribution in [1.29, 1.82) is 0 Å². The van der Waals surface area contributed by atoms with Crippen molar-refractivity contribution in [3.05, 3.63) is 179 Å². The standard InChI is InChI=1S/C27H29FN4O2.C25H26FN5O3.C25H27FN4O3/c1-17(33)31-9-6-18(16-31)12-24-23-14-25-20(15-29-30-25)13-26(23)32(22-4-2-21(28)3-5-22)27(24)19-7-10-34-11-8-19;1-13(2)24-17(7-8-22(33)29-23-21(32)12-27-25(23)34)18-10-19-14(11-28-30-19)9-20(18)31(24)16-5-3-15(26)4-6-16;1-14(2)25-18(7-8-24(33)29-12-22(31)23(32)13-29)19-10-20-15(11-27-28-20)9-21(19)30(25)17-5-3-16(26)4-6-17/h2-5,13-15,18-19H,6-12,16H2,1H3,(H,29,30);3-6,9-11,13,21,23,32H,7-8,12H2,1-2H3,(H,27,34)(H,28,30)(H,29,33);3-6,9-11,14,22-23,31-32H,7-8,12-13H2,1-2H3,(H,27,28)/t18-;21-,23+;22-,23-/m001/s1. The fourth-order valence-corrected chi connectivity index (χ4v) is 15.6. The number of rotatable bonds is 15. The van der Waals surface area contributed by atoms with Crippen molar-refractivity contribution >= 4 is 89.0 Å². The minimum absolute atomic E-state index is 0.0920. The summed E-state index contributed by atoms with van der Waals surface area (Å²) in [6.45, 7) is 13.6. The van der Waals surface area contributed by atoms with Gasteiger partial charge in [0.05, 0.1) is 63.9 Å². The van der Waals surface area contributed by atoms with Crippen LogP contribution in [0, 0.1) is 23.4 Å². The number of β-amino-alcohol motifs (C(OH)–C–C–N with tert-alkyl or cyclic N) is 3. The Morgan fingerprint density at radius 3 is 1.46 bits per heavy atom. The van der Waals surface area contributed by atoms with E-state index >= 15 is 0 Å². The Labute approximate surface area is 579 Å². The number of hydrogen-bond donors (Lipinski definition) is 8. The van der Waals surface area contributed by atoms with Crippen LogP contribution in [0.25, 0.3) is 82.5 Å². The Balaban J connectivity index is 0.000000129. The topological polar surface area (TPSA) is 270 Å². The van der Waals surface area contributed by atoms with Crippen LogP contribution in [-0.2, 0) is 43.2 Å². The number of likely N-dealkylation sites (tertiary alicyclic amines) is 2. The van der Waals surface area contributed by atoms with Crippen LogP contribution < -0.4 is 10.6 Å². The summed E-state index contributed by atoms with van der Waals surface area (Å²) in [5.74, 6) is -0.396. The van der Waals surface area contributed by atoms with Crippen LogP contribution in [0.3, 0.4) is 0 Å². The predicted octanol–water partition coefficient (Wildman–Crippen LogP) is 10.9. The van der Waals surface area contributed by atoms with Gasteiger partial charge in [0, 0.05) is 138 Å². The van der Waals surface area contributed by atoms with Crippen molar-refractivity contribution < 1.29 is 52.4 Å². The molecule has 8 N–H and O–H groups in total. The van der Waals surface area contributed by atoms with Crippen LogP contribution in [-0.4, -0.2) is 163 Å². The first-order chi connectivity index (χ1) is 48.7. The molecular weight excluding hydrogens is 1290 g/mol. The zero-order chi connectivity index (χ0) is 70.5. The lowest BCUT2D eigenvalue weighted by Gasteiger charge is -2.26. The first-order valence-electron chi connectivity index (χ1n) is 34.8. The molecule has 4 amide bonds. The van der Waals surface area contributed by atoms with Crippen molar-refractivity contribution in [3.8, 4) is 17.1 Å². The summed E-state index contributed by atoms with van der Waals surface area (Å²) >= 11 is 0. The number of aromatic nitrogens is 9. The molecule has 5 atom stereocenters. The highest BCUT2D eigenvalue weighted by Crippen LogP contribution is 2.43. The molecule has 0 bridgehead atoms. The molecule has 0 radical (unpaired) electrons. The normalized spacial score (nSPS) is 18.8. The van der Waals surface area contributed by atoms with Gasteiger partial charge in [-0.1, -0.05) is 27.7 Å². The monoisotopic (exact) mass is 1370 g/mol. The fourth-order valence-electron chi connectivity index (χ4n) is 15.6. The van der Waals surface area contributed by atoms with Gasteiger partial charge < -0.3 is 54.2 Å². The Hall–Kier alpha value is -10.1. The summed E-state index contributed by atoms with van der Waals surface area (Å²) in [6.07, 6.45) is 7.91. The highest BCUT2D eigenvalue weighted by atomic mass is 19.1. The Bertz CT molecular complexity index is 5050. The average Bonchev–Trinajstić information content (AvgIpc) is 1.59. The van der Waals surface area contributed by atoms with Gasteiger partial charge in [-0.15, -0.1) is 0 Å². The van der Waals surface area contributed by atoms with Crippen LogP contribution >= 0.6 is 0 Å². The van der Waals surface area contributed by atoms with E-state index in [2.05, 4.69) is 107 Å². The van der Waals surface area contributed by atoms with Crippen molar-refractivity contribution in [2.75, 3.05) is 45.9 Å². The molecule has 12 aromatic rings. The summed E-state index contributed by atoms with van der Waals surface area (Å²) in [6, 6.07) is 31.3. The number of aliphatic hydroxyl groups is 3. The Morgan fingerprint density at radius 1 is 0.574 bits per heavy atom. The lowest BCUT2D eigenvalue weighted by molar-refractivity contribution is -0.130. The number of carbonyl (C=O) groups is 4. The zero-order valence-electron chi connectivity index (χ0n) is 56.9. The number of amides is 4. The van der Waals surface area contributed by atoms with E-state index in [1.165, 1.54) is 57.9 Å². The molecule has 524 valence electrons. The number of fused-ring (bicyclic) bond motifs is 6. The lowest BCUT2D eigenvalue weighted by Crippen LogP contribution is -2.45.